The van der Waals surface area contributed by atoms with Gasteiger partial charge >= 0.3 is 12.1 Å². The minimum atomic E-state index is -1.13. The van der Waals surface area contributed by atoms with Gasteiger partial charge < -0.3 is 30.5 Å². The van der Waals surface area contributed by atoms with Crippen LogP contribution in [0.2, 0.25) is 0 Å². The molecule has 148 valence electrons. The van der Waals surface area contributed by atoms with Crippen molar-refractivity contribution in [1.29, 1.82) is 5.41 Å². The van der Waals surface area contributed by atoms with Crippen molar-refractivity contribution in [2.45, 2.75) is 38.3 Å². The van der Waals surface area contributed by atoms with Gasteiger partial charge in [-0.15, -0.1) is 0 Å². The highest BCUT2D eigenvalue weighted by molar-refractivity contribution is 5.99. The molecular weight excluding hydrogens is 356 g/mol. The fraction of sp³-hybridized carbons (Fsp3) is 0.647. The Balaban J connectivity index is 1.68. The monoisotopic (exact) mass is 380 g/mol. The van der Waals surface area contributed by atoms with Crippen molar-refractivity contribution in [3.63, 3.8) is 0 Å². The molecular formula is C17H24N4O6. The molecule has 0 unspecified atom stereocenters. The largest absolute Gasteiger partial charge is 0.477 e. The molecule has 0 saturated carbocycles. The van der Waals surface area contributed by atoms with E-state index < -0.39 is 24.1 Å². The summed E-state index contributed by atoms with van der Waals surface area (Å²) in [4.78, 5) is 37.8. The third-order valence-corrected chi connectivity index (χ3v) is 5.61. The van der Waals surface area contributed by atoms with E-state index in [2.05, 4.69) is 4.74 Å². The molecule has 5 N–H and O–H groups in total. The number of amidine groups is 1. The van der Waals surface area contributed by atoms with Crippen LogP contribution in [0.25, 0.3) is 0 Å². The van der Waals surface area contributed by atoms with Gasteiger partial charge in [0.2, 0.25) is 5.91 Å². The number of aliphatic carboxylic acids is 1. The molecule has 2 amide bonds. The number of rotatable bonds is 6. The molecule has 3 aliphatic rings. The van der Waals surface area contributed by atoms with Crippen molar-refractivity contribution in [3.05, 3.63) is 11.3 Å². The Labute approximate surface area is 156 Å². The van der Waals surface area contributed by atoms with Crippen LogP contribution in [0.5, 0.6) is 0 Å². The molecule has 0 aliphatic carbocycles. The predicted octanol–water partition coefficient (Wildman–Crippen LogP) is -0.279. The maximum absolute atomic E-state index is 12.3. The molecule has 3 heterocycles. The molecule has 3 rings (SSSR count). The second kappa shape index (κ2) is 7.18. The van der Waals surface area contributed by atoms with E-state index in [1.165, 1.54) is 4.90 Å². The van der Waals surface area contributed by atoms with Gasteiger partial charge in [0.15, 0.2) is 0 Å². The first-order valence-electron chi connectivity index (χ1n) is 8.94. The third kappa shape index (κ3) is 3.36. The summed E-state index contributed by atoms with van der Waals surface area (Å²) in [7, 11) is 0. The number of aliphatic hydroxyl groups is 1. The highest BCUT2D eigenvalue weighted by Crippen LogP contribution is 2.47. The van der Waals surface area contributed by atoms with Crippen molar-refractivity contribution in [1.82, 2.24) is 9.80 Å². The number of carboxylic acid groups (broad SMARTS) is 1. The smallest absolute Gasteiger partial charge is 0.404 e. The standard InChI is InChI=1S/C17H24N4O6/c1-8(22)13-11-6-10(14(16(24)25)21(11)15(13)23)9-2-4-20(7-9)12(18)3-5-27-17(19)26/h8-9,11,13,18,22H,2-7H2,1H3,(H2,19,26)(H,24,25)/t8-,9-,11-,13-/m1/s1. The number of carbonyl (C=O) groups is 3. The second-order valence-electron chi connectivity index (χ2n) is 7.22. The van der Waals surface area contributed by atoms with Gasteiger partial charge in [0.05, 0.1) is 23.9 Å². The summed E-state index contributed by atoms with van der Waals surface area (Å²) in [5, 5.41) is 27.5. The number of hydrogen-bond donors (Lipinski definition) is 4. The number of carboxylic acids is 1. The molecule has 0 aromatic heterocycles. The minimum Gasteiger partial charge on any atom is -0.477 e. The van der Waals surface area contributed by atoms with Gasteiger partial charge in [0.1, 0.15) is 12.3 Å². The molecule has 0 aromatic rings. The van der Waals surface area contributed by atoms with Crippen LogP contribution >= 0.6 is 0 Å². The van der Waals surface area contributed by atoms with Crippen LogP contribution < -0.4 is 5.73 Å². The van der Waals surface area contributed by atoms with Gasteiger partial charge in [-0.2, -0.15) is 0 Å². The average Bonchev–Trinajstić information content (AvgIpc) is 3.16. The Morgan fingerprint density at radius 3 is 2.74 bits per heavy atom. The molecule has 0 spiro atoms. The molecule has 0 bridgehead atoms. The van der Waals surface area contributed by atoms with E-state index in [4.69, 9.17) is 11.1 Å². The second-order valence-corrected chi connectivity index (χ2v) is 7.22. The van der Waals surface area contributed by atoms with Gasteiger partial charge in [0.25, 0.3) is 0 Å². The maximum atomic E-state index is 12.3. The number of amides is 2. The highest BCUT2D eigenvalue weighted by atomic mass is 16.5. The normalized spacial score (nSPS) is 28.1. The van der Waals surface area contributed by atoms with Crippen LogP contribution in [0.1, 0.15) is 26.2 Å². The number of aliphatic hydroxyl groups excluding tert-OH is 1. The molecule has 10 nitrogen and oxygen atoms in total. The number of nitrogens with zero attached hydrogens (tertiary/aromatic N) is 2. The summed E-state index contributed by atoms with van der Waals surface area (Å²) in [5.74, 6) is -1.79. The fourth-order valence-corrected chi connectivity index (χ4v) is 4.36. The molecule has 2 fully saturated rings. The quantitative estimate of drug-likeness (QED) is 0.280. The van der Waals surface area contributed by atoms with Crippen molar-refractivity contribution < 1.29 is 29.3 Å². The van der Waals surface area contributed by atoms with E-state index in [9.17, 15) is 24.6 Å². The lowest BCUT2D eigenvalue weighted by Gasteiger charge is -2.44. The summed E-state index contributed by atoms with van der Waals surface area (Å²) < 4.78 is 4.65. The Morgan fingerprint density at radius 1 is 1.44 bits per heavy atom. The number of ether oxygens (including phenoxy) is 1. The molecule has 2 saturated heterocycles. The number of nitrogens with two attached hydrogens (primary N) is 1. The Kier molecular flexibility index (Phi) is 5.09. The van der Waals surface area contributed by atoms with E-state index in [0.717, 1.165) is 0 Å². The summed E-state index contributed by atoms with van der Waals surface area (Å²) in [6.07, 6.45) is -0.339. The Bertz CT molecular complexity index is 718. The first-order chi connectivity index (χ1) is 12.7. The number of β-lactam (4-membered cyclic amide) rings is 1. The van der Waals surface area contributed by atoms with Gasteiger partial charge in [-0.3, -0.25) is 10.2 Å². The van der Waals surface area contributed by atoms with Gasteiger partial charge in [-0.25, -0.2) is 9.59 Å². The zero-order chi connectivity index (χ0) is 19.9. The lowest BCUT2D eigenvalue weighted by molar-refractivity contribution is -0.161. The molecule has 0 radical (unpaired) electrons. The van der Waals surface area contributed by atoms with Gasteiger partial charge in [0, 0.05) is 25.4 Å². The van der Waals surface area contributed by atoms with Gasteiger partial charge in [-0.05, 0) is 25.3 Å². The molecule has 27 heavy (non-hydrogen) atoms. The molecule has 4 atom stereocenters. The molecule has 0 aromatic carbocycles. The van der Waals surface area contributed by atoms with E-state index in [1.807, 2.05) is 4.90 Å². The zero-order valence-corrected chi connectivity index (χ0v) is 15.1. The third-order valence-electron chi connectivity index (χ3n) is 5.61. The van der Waals surface area contributed by atoms with Crippen molar-refractivity contribution >= 4 is 23.8 Å². The highest BCUT2D eigenvalue weighted by Gasteiger charge is 2.57. The summed E-state index contributed by atoms with van der Waals surface area (Å²) >= 11 is 0. The van der Waals surface area contributed by atoms with E-state index in [0.29, 0.717) is 37.3 Å². The Morgan fingerprint density at radius 2 is 2.15 bits per heavy atom. The molecule has 10 heteroatoms. The summed E-state index contributed by atoms with van der Waals surface area (Å²) in [5.41, 5.74) is 5.65. The van der Waals surface area contributed by atoms with Crippen LogP contribution in [0.3, 0.4) is 0 Å². The number of likely N-dealkylation sites (tertiary alicyclic amines) is 1. The average molecular weight is 380 g/mol. The predicted molar refractivity (Wildman–Crippen MR) is 92.6 cm³/mol. The van der Waals surface area contributed by atoms with Crippen LogP contribution in [0.15, 0.2) is 11.3 Å². The topological polar surface area (TPSA) is 157 Å². The SMILES string of the molecule is C[C@@H](O)[C@H]1C(=O)N2C(C(=O)O)=C([C@@H]3CCN(C(=N)CCOC(N)=O)C3)C[C@H]12. The summed E-state index contributed by atoms with van der Waals surface area (Å²) in [6, 6.07) is -0.295. The number of nitrogens with one attached hydrogen (secondary N) is 1. The van der Waals surface area contributed by atoms with Crippen LogP contribution in [0, 0.1) is 17.2 Å². The number of carbonyl (C=O) groups excluding carboxylic acids is 2. The van der Waals surface area contributed by atoms with Crippen molar-refractivity contribution in [2.75, 3.05) is 19.7 Å². The van der Waals surface area contributed by atoms with Gasteiger partial charge in [-0.1, -0.05) is 0 Å². The first-order valence-corrected chi connectivity index (χ1v) is 8.94. The first kappa shape index (κ1) is 19.2. The minimum absolute atomic E-state index is 0.0266. The van der Waals surface area contributed by atoms with Crippen LogP contribution in [-0.2, 0) is 14.3 Å². The fourth-order valence-electron chi connectivity index (χ4n) is 4.36. The van der Waals surface area contributed by atoms with E-state index >= 15 is 0 Å². The van der Waals surface area contributed by atoms with E-state index in [1.54, 1.807) is 6.92 Å². The zero-order valence-electron chi connectivity index (χ0n) is 15.1. The van der Waals surface area contributed by atoms with Crippen molar-refractivity contribution in [2.24, 2.45) is 17.6 Å². The molecule has 3 aliphatic heterocycles. The van der Waals surface area contributed by atoms with Crippen molar-refractivity contribution in [3.8, 4) is 0 Å². The maximum Gasteiger partial charge on any atom is 0.404 e. The summed E-state index contributed by atoms with van der Waals surface area (Å²) in [6.45, 7) is 2.65. The van der Waals surface area contributed by atoms with Crippen LogP contribution in [-0.4, -0.2) is 75.7 Å². The Hall–Kier alpha value is -2.62. The number of hydrogen-bond acceptors (Lipinski definition) is 6. The number of primary amides is 1. The lowest BCUT2D eigenvalue weighted by Crippen LogP contribution is -2.61. The van der Waals surface area contributed by atoms with E-state index in [-0.39, 0.29) is 36.6 Å². The van der Waals surface area contributed by atoms with Crippen LogP contribution in [0.4, 0.5) is 4.79 Å². The number of fused-ring (bicyclic) bond motifs is 1. The lowest BCUT2D eigenvalue weighted by atomic mass is 9.82.